The average Bonchev–Trinajstić information content (AvgIpc) is 3.12. The lowest BCUT2D eigenvalue weighted by atomic mass is 9.87. The van der Waals surface area contributed by atoms with Crippen LogP contribution in [0.15, 0.2) is 53.1 Å². The minimum absolute atomic E-state index is 0.266. The average molecular weight is 397 g/mol. The molecule has 0 spiro atoms. The van der Waals surface area contributed by atoms with Crippen molar-refractivity contribution in [3.63, 3.8) is 0 Å². The minimum atomic E-state index is -0.948. The molecule has 4 nitrogen and oxygen atoms in total. The van der Waals surface area contributed by atoms with Crippen molar-refractivity contribution >= 4 is 11.4 Å². The first kappa shape index (κ1) is 21.7. The summed E-state index contributed by atoms with van der Waals surface area (Å²) in [4.78, 5) is 0. The van der Waals surface area contributed by atoms with Crippen LogP contribution < -0.4 is 5.06 Å². The van der Waals surface area contributed by atoms with E-state index < -0.39 is 5.60 Å². The molecule has 0 fully saturated rings. The number of rotatable bonds is 7. The lowest BCUT2D eigenvalue weighted by Crippen LogP contribution is -2.39. The number of aliphatic hydroxyl groups is 1. The van der Waals surface area contributed by atoms with E-state index in [4.69, 9.17) is 4.74 Å². The highest BCUT2D eigenvalue weighted by Gasteiger charge is 2.43. The third kappa shape index (κ3) is 4.76. The van der Waals surface area contributed by atoms with Crippen LogP contribution in [0.25, 0.3) is 5.76 Å². The van der Waals surface area contributed by atoms with E-state index in [0.29, 0.717) is 18.5 Å². The Morgan fingerprint density at radius 2 is 1.97 bits per heavy atom. The maximum atomic E-state index is 12.6. The van der Waals surface area contributed by atoms with Gasteiger partial charge in [-0.3, -0.25) is 0 Å². The van der Waals surface area contributed by atoms with E-state index in [9.17, 15) is 10.3 Å². The largest absolute Gasteiger partial charge is 0.758 e. The van der Waals surface area contributed by atoms with Crippen LogP contribution in [-0.4, -0.2) is 22.9 Å². The van der Waals surface area contributed by atoms with Crippen LogP contribution in [0.1, 0.15) is 72.3 Å². The Kier molecular flexibility index (Phi) is 6.55. The summed E-state index contributed by atoms with van der Waals surface area (Å²) in [5.41, 5.74) is 4.24. The predicted molar refractivity (Wildman–Crippen MR) is 120 cm³/mol. The number of hydrogen-bond acceptors (Lipinski definition) is 4. The second-order valence-electron chi connectivity index (χ2n) is 8.95. The number of nitrogens with zero attached hydrogens (tertiary/aromatic N) is 1. The fourth-order valence-corrected chi connectivity index (χ4v) is 4.17. The van der Waals surface area contributed by atoms with Gasteiger partial charge in [0.05, 0.1) is 5.60 Å². The standard InChI is InChI=1S/C25H34NO3/c1-17(2)10-8-11-18(3)12-9-15-25(5,27)23-16-21-19(4)26(28)22-14-7-6-13-20(22)24(21)29-23/h6-7,10,12-14,19,23,27H,8-9,11,15-16H2,1-5H3/q-1. The molecule has 0 aromatic heterocycles. The third-order valence-electron chi connectivity index (χ3n) is 6.13. The van der Waals surface area contributed by atoms with Crippen molar-refractivity contribution < 1.29 is 9.84 Å². The van der Waals surface area contributed by atoms with Crippen LogP contribution in [0.2, 0.25) is 0 Å². The highest BCUT2D eigenvalue weighted by Crippen LogP contribution is 2.46. The molecule has 2 aliphatic heterocycles. The zero-order chi connectivity index (χ0) is 21.2. The van der Waals surface area contributed by atoms with Gasteiger partial charge in [0, 0.05) is 23.7 Å². The Balaban J connectivity index is 1.63. The second-order valence-corrected chi connectivity index (χ2v) is 8.95. The van der Waals surface area contributed by atoms with Crippen LogP contribution in [0.3, 0.4) is 0 Å². The molecule has 1 aromatic rings. The summed E-state index contributed by atoms with van der Waals surface area (Å²) in [5.74, 6) is 0.791. The summed E-state index contributed by atoms with van der Waals surface area (Å²) in [6.07, 6.45) is 8.33. The first-order valence-corrected chi connectivity index (χ1v) is 10.7. The van der Waals surface area contributed by atoms with Crippen molar-refractivity contribution in [2.45, 2.75) is 84.5 Å². The first-order chi connectivity index (χ1) is 13.7. The van der Waals surface area contributed by atoms with Crippen LogP contribution in [0.4, 0.5) is 5.69 Å². The van der Waals surface area contributed by atoms with E-state index in [-0.39, 0.29) is 12.1 Å². The zero-order valence-electron chi connectivity index (χ0n) is 18.4. The molecule has 3 unspecified atom stereocenters. The highest BCUT2D eigenvalue weighted by atomic mass is 16.5. The van der Waals surface area contributed by atoms with Crippen LogP contribution in [-0.2, 0) is 4.74 Å². The number of hydroxylamine groups is 1. The summed E-state index contributed by atoms with van der Waals surface area (Å²) in [7, 11) is 0. The van der Waals surface area contributed by atoms with Gasteiger partial charge in [-0.15, -0.1) is 0 Å². The normalized spacial score (nSPS) is 23.3. The van der Waals surface area contributed by atoms with Gasteiger partial charge >= 0.3 is 0 Å². The van der Waals surface area contributed by atoms with Gasteiger partial charge in [-0.05, 0) is 78.0 Å². The summed E-state index contributed by atoms with van der Waals surface area (Å²) in [6.45, 7) is 10.2. The molecule has 2 aliphatic rings. The van der Waals surface area contributed by atoms with Gasteiger partial charge in [0.25, 0.3) is 0 Å². The van der Waals surface area contributed by atoms with E-state index in [0.717, 1.165) is 41.2 Å². The number of fused-ring (bicyclic) bond motifs is 2. The Hall–Kier alpha value is -2.04. The van der Waals surface area contributed by atoms with Crippen molar-refractivity contribution in [1.29, 1.82) is 0 Å². The van der Waals surface area contributed by atoms with Crippen molar-refractivity contribution in [2.24, 2.45) is 0 Å². The quantitative estimate of drug-likeness (QED) is 0.564. The van der Waals surface area contributed by atoms with Gasteiger partial charge in [0.2, 0.25) is 0 Å². The van der Waals surface area contributed by atoms with Crippen molar-refractivity contribution in [3.8, 4) is 0 Å². The summed E-state index contributed by atoms with van der Waals surface area (Å²) in [6, 6.07) is 7.29. The van der Waals surface area contributed by atoms with E-state index >= 15 is 0 Å². The van der Waals surface area contributed by atoms with Crippen molar-refractivity contribution in [2.75, 3.05) is 5.06 Å². The SMILES string of the molecule is CC(C)=CCCC(C)=CCCC(C)(O)C1CC2=C(O1)c1ccccc1N([O-])C2C. The molecule has 0 saturated carbocycles. The second kappa shape index (κ2) is 8.76. The molecule has 1 N–H and O–H groups in total. The molecular formula is C25H34NO3-. The third-order valence-corrected chi connectivity index (χ3v) is 6.13. The van der Waals surface area contributed by atoms with Gasteiger partial charge in [0.1, 0.15) is 11.9 Å². The van der Waals surface area contributed by atoms with E-state index in [1.54, 1.807) is 0 Å². The van der Waals surface area contributed by atoms with Gasteiger partial charge in [0.15, 0.2) is 0 Å². The van der Waals surface area contributed by atoms with Gasteiger partial charge in [-0.1, -0.05) is 35.4 Å². The molecule has 0 bridgehead atoms. The number of benzene rings is 1. The minimum Gasteiger partial charge on any atom is -0.758 e. The highest BCUT2D eigenvalue weighted by molar-refractivity contribution is 5.81. The summed E-state index contributed by atoms with van der Waals surface area (Å²) < 4.78 is 6.26. The number of para-hydroxylation sites is 1. The molecule has 0 radical (unpaired) electrons. The number of anilines is 1. The van der Waals surface area contributed by atoms with Gasteiger partial charge in [-0.25, -0.2) is 0 Å². The zero-order valence-corrected chi connectivity index (χ0v) is 18.4. The summed E-state index contributed by atoms with van der Waals surface area (Å²) in [5, 5.41) is 24.8. The molecule has 0 amide bonds. The van der Waals surface area contributed by atoms with E-state index in [1.807, 2.05) is 38.1 Å². The number of allylic oxidation sites excluding steroid dienone is 4. The summed E-state index contributed by atoms with van der Waals surface area (Å²) >= 11 is 0. The van der Waals surface area contributed by atoms with Crippen LogP contribution >= 0.6 is 0 Å². The maximum Gasteiger partial charge on any atom is 0.131 e. The maximum absolute atomic E-state index is 12.6. The molecule has 0 aliphatic carbocycles. The Morgan fingerprint density at radius 1 is 1.24 bits per heavy atom. The molecular weight excluding hydrogens is 362 g/mol. The molecule has 4 heteroatoms. The lowest BCUT2D eigenvalue weighted by molar-refractivity contribution is -0.0561. The molecule has 1 aromatic carbocycles. The van der Waals surface area contributed by atoms with Gasteiger partial charge in [-0.2, -0.15) is 0 Å². The number of hydrogen-bond donors (Lipinski definition) is 1. The smallest absolute Gasteiger partial charge is 0.131 e. The molecule has 2 heterocycles. The fourth-order valence-electron chi connectivity index (χ4n) is 4.17. The van der Waals surface area contributed by atoms with Crippen molar-refractivity contribution in [3.05, 3.63) is 63.9 Å². The Labute approximate surface area is 175 Å². The fraction of sp³-hybridized carbons (Fsp3) is 0.520. The van der Waals surface area contributed by atoms with Crippen molar-refractivity contribution in [1.82, 2.24) is 0 Å². The molecule has 29 heavy (non-hydrogen) atoms. The van der Waals surface area contributed by atoms with E-state index in [1.165, 1.54) is 11.1 Å². The molecule has 158 valence electrons. The van der Waals surface area contributed by atoms with Crippen LogP contribution in [0.5, 0.6) is 0 Å². The molecule has 0 saturated heterocycles. The lowest BCUT2D eigenvalue weighted by Gasteiger charge is -2.42. The van der Waals surface area contributed by atoms with Crippen LogP contribution in [0, 0.1) is 5.21 Å². The monoisotopic (exact) mass is 396 g/mol. The topological polar surface area (TPSA) is 55.8 Å². The number of ether oxygens (including phenoxy) is 1. The molecule has 3 rings (SSSR count). The Bertz CT molecular complexity index is 830. The van der Waals surface area contributed by atoms with Gasteiger partial charge < -0.3 is 20.1 Å². The van der Waals surface area contributed by atoms with E-state index in [2.05, 4.69) is 32.9 Å². The molecule has 3 atom stereocenters. The Morgan fingerprint density at radius 3 is 2.69 bits per heavy atom. The predicted octanol–water partition coefficient (Wildman–Crippen LogP) is 6.12. The first-order valence-electron chi connectivity index (χ1n) is 10.7.